The first-order chi connectivity index (χ1) is 6.07. The molecule has 72 valence electrons. The quantitative estimate of drug-likeness (QED) is 0.785. The van der Waals surface area contributed by atoms with Crippen molar-refractivity contribution in [3.8, 4) is 5.19 Å². The van der Waals surface area contributed by atoms with E-state index in [1.165, 1.54) is 4.88 Å². The molecule has 3 nitrogen and oxygen atoms in total. The van der Waals surface area contributed by atoms with Gasteiger partial charge in [0, 0.05) is 23.0 Å². The summed E-state index contributed by atoms with van der Waals surface area (Å²) in [6.45, 7) is 4.38. The van der Waals surface area contributed by atoms with E-state index in [1.54, 1.807) is 18.4 Å². The molecule has 1 fully saturated rings. The van der Waals surface area contributed by atoms with E-state index in [1.807, 2.05) is 6.20 Å². The van der Waals surface area contributed by atoms with E-state index >= 15 is 0 Å². The fraction of sp³-hybridized carbons (Fsp3) is 0.667. The van der Waals surface area contributed by atoms with E-state index in [-0.39, 0.29) is 11.5 Å². The summed E-state index contributed by atoms with van der Waals surface area (Å²) in [6.07, 6.45) is 1.88. The number of nitrogens with two attached hydrogens (primary N) is 1. The van der Waals surface area contributed by atoms with Gasteiger partial charge in [-0.05, 0) is 5.41 Å². The van der Waals surface area contributed by atoms with Crippen LogP contribution in [0.3, 0.4) is 0 Å². The van der Waals surface area contributed by atoms with E-state index in [0.717, 1.165) is 5.19 Å². The number of hydrogen-bond donors (Lipinski definition) is 1. The molecule has 0 bridgehead atoms. The molecule has 1 aromatic rings. The molecule has 0 amide bonds. The van der Waals surface area contributed by atoms with Gasteiger partial charge in [0.05, 0.1) is 7.11 Å². The van der Waals surface area contributed by atoms with Crippen LogP contribution >= 0.6 is 11.3 Å². The highest BCUT2D eigenvalue weighted by Crippen LogP contribution is 2.58. The van der Waals surface area contributed by atoms with Crippen LogP contribution in [0.2, 0.25) is 0 Å². The third-order valence-corrected chi connectivity index (χ3v) is 3.94. The summed E-state index contributed by atoms with van der Waals surface area (Å²) >= 11 is 1.60. The summed E-state index contributed by atoms with van der Waals surface area (Å²) in [5.41, 5.74) is 6.20. The normalized spacial score (nSPS) is 30.2. The number of aromatic nitrogens is 1. The van der Waals surface area contributed by atoms with E-state index in [4.69, 9.17) is 10.5 Å². The number of thiazole rings is 1. The van der Waals surface area contributed by atoms with Gasteiger partial charge >= 0.3 is 0 Å². The minimum Gasteiger partial charge on any atom is -0.473 e. The first kappa shape index (κ1) is 8.97. The lowest BCUT2D eigenvalue weighted by molar-refractivity contribution is 0.412. The van der Waals surface area contributed by atoms with Crippen molar-refractivity contribution in [2.75, 3.05) is 7.11 Å². The molecule has 2 atom stereocenters. The molecule has 0 aromatic carbocycles. The molecule has 0 saturated heterocycles. The number of hydrogen-bond acceptors (Lipinski definition) is 4. The van der Waals surface area contributed by atoms with E-state index in [9.17, 15) is 0 Å². The Morgan fingerprint density at radius 2 is 2.23 bits per heavy atom. The van der Waals surface area contributed by atoms with Gasteiger partial charge < -0.3 is 10.5 Å². The maximum atomic E-state index is 5.97. The SMILES string of the molecule is COc1ncc([C@@H]2[C@@H](N)C2(C)C)s1. The molecule has 2 N–H and O–H groups in total. The molecule has 1 aliphatic carbocycles. The summed E-state index contributed by atoms with van der Waals surface area (Å²) in [7, 11) is 1.64. The van der Waals surface area contributed by atoms with Crippen LogP contribution in [0.15, 0.2) is 6.20 Å². The van der Waals surface area contributed by atoms with Crippen LogP contribution in [-0.4, -0.2) is 18.1 Å². The highest BCUT2D eigenvalue weighted by molar-refractivity contribution is 7.13. The Labute approximate surface area is 81.9 Å². The fourth-order valence-electron chi connectivity index (χ4n) is 1.73. The molecule has 1 aromatic heterocycles. The van der Waals surface area contributed by atoms with Gasteiger partial charge in [0.1, 0.15) is 0 Å². The summed E-state index contributed by atoms with van der Waals surface area (Å²) in [6, 6.07) is 0.276. The van der Waals surface area contributed by atoms with Crippen molar-refractivity contribution in [3.05, 3.63) is 11.1 Å². The van der Waals surface area contributed by atoms with Crippen LogP contribution in [0.4, 0.5) is 0 Å². The Morgan fingerprint density at radius 3 is 2.62 bits per heavy atom. The van der Waals surface area contributed by atoms with Crippen molar-refractivity contribution < 1.29 is 4.74 Å². The van der Waals surface area contributed by atoms with Crippen LogP contribution in [-0.2, 0) is 0 Å². The second kappa shape index (κ2) is 2.69. The average Bonchev–Trinajstić information content (AvgIpc) is 2.55. The molecule has 0 aliphatic heterocycles. The van der Waals surface area contributed by atoms with E-state index in [0.29, 0.717) is 5.92 Å². The second-order valence-electron chi connectivity index (χ2n) is 4.06. The third kappa shape index (κ3) is 1.25. The van der Waals surface area contributed by atoms with Crippen LogP contribution < -0.4 is 10.5 Å². The lowest BCUT2D eigenvalue weighted by atomic mass is 10.1. The number of ether oxygens (including phenoxy) is 1. The average molecular weight is 198 g/mol. The summed E-state index contributed by atoms with van der Waals surface area (Å²) in [5.74, 6) is 0.467. The van der Waals surface area contributed by atoms with Gasteiger partial charge in [-0.2, -0.15) is 0 Å². The molecule has 4 heteroatoms. The molecule has 0 spiro atoms. The molecule has 1 aliphatic rings. The zero-order valence-electron chi connectivity index (χ0n) is 8.07. The number of methoxy groups -OCH3 is 1. The van der Waals surface area contributed by atoms with Crippen LogP contribution in [0.5, 0.6) is 5.19 Å². The molecular weight excluding hydrogens is 184 g/mol. The van der Waals surface area contributed by atoms with Gasteiger partial charge in [-0.1, -0.05) is 25.2 Å². The van der Waals surface area contributed by atoms with Crippen LogP contribution in [0.25, 0.3) is 0 Å². The summed E-state index contributed by atoms with van der Waals surface area (Å²) < 4.78 is 5.04. The molecule has 13 heavy (non-hydrogen) atoms. The Hall–Kier alpha value is -0.610. The fourth-order valence-corrected chi connectivity index (χ4v) is 2.80. The largest absolute Gasteiger partial charge is 0.473 e. The Kier molecular flexibility index (Phi) is 1.85. The van der Waals surface area contributed by atoms with E-state index in [2.05, 4.69) is 18.8 Å². The first-order valence-corrected chi connectivity index (χ1v) is 5.14. The van der Waals surface area contributed by atoms with Gasteiger partial charge in [-0.3, -0.25) is 0 Å². The Bertz CT molecular complexity index is 321. The Balaban J connectivity index is 2.19. The van der Waals surface area contributed by atoms with Gasteiger partial charge in [0.2, 0.25) is 0 Å². The van der Waals surface area contributed by atoms with Gasteiger partial charge in [0.25, 0.3) is 5.19 Å². The minimum absolute atomic E-state index is 0.234. The van der Waals surface area contributed by atoms with Gasteiger partial charge in [-0.15, -0.1) is 0 Å². The standard InChI is InChI=1S/C9H14N2OS/c1-9(2)6(7(9)10)5-4-11-8(12-3)13-5/h4,6-7H,10H2,1-3H3/t6-,7-/m1/s1. The predicted octanol–water partition coefficient (Wildman–Crippen LogP) is 1.60. The number of rotatable bonds is 2. The van der Waals surface area contributed by atoms with E-state index < -0.39 is 0 Å². The smallest absolute Gasteiger partial charge is 0.273 e. The first-order valence-electron chi connectivity index (χ1n) is 4.32. The highest BCUT2D eigenvalue weighted by Gasteiger charge is 2.57. The lowest BCUT2D eigenvalue weighted by Gasteiger charge is -1.97. The second-order valence-corrected chi connectivity index (χ2v) is 5.08. The lowest BCUT2D eigenvalue weighted by Crippen LogP contribution is -2.06. The number of nitrogens with zero attached hydrogens (tertiary/aromatic N) is 1. The summed E-state index contributed by atoms with van der Waals surface area (Å²) in [4.78, 5) is 5.38. The van der Waals surface area contributed by atoms with Crippen molar-refractivity contribution in [1.82, 2.24) is 4.98 Å². The maximum absolute atomic E-state index is 5.97. The van der Waals surface area contributed by atoms with Crippen molar-refractivity contribution in [2.45, 2.75) is 25.8 Å². The molecule has 1 saturated carbocycles. The molecule has 2 rings (SSSR count). The zero-order valence-corrected chi connectivity index (χ0v) is 8.89. The minimum atomic E-state index is 0.234. The monoisotopic (exact) mass is 198 g/mol. The summed E-state index contributed by atoms with van der Waals surface area (Å²) in [5, 5.41) is 0.727. The van der Waals surface area contributed by atoms with Crippen molar-refractivity contribution in [1.29, 1.82) is 0 Å². The van der Waals surface area contributed by atoms with Gasteiger partial charge in [0.15, 0.2) is 0 Å². The molecule has 0 unspecified atom stereocenters. The molecule has 1 heterocycles. The van der Waals surface area contributed by atoms with Crippen LogP contribution in [0, 0.1) is 5.41 Å². The molecule has 0 radical (unpaired) electrons. The topological polar surface area (TPSA) is 48.1 Å². The van der Waals surface area contributed by atoms with Crippen molar-refractivity contribution in [2.24, 2.45) is 11.1 Å². The molecular formula is C9H14N2OS. The third-order valence-electron chi connectivity index (χ3n) is 2.89. The van der Waals surface area contributed by atoms with Gasteiger partial charge in [-0.25, -0.2) is 4.98 Å². The Morgan fingerprint density at radius 1 is 1.62 bits per heavy atom. The highest BCUT2D eigenvalue weighted by atomic mass is 32.1. The predicted molar refractivity (Wildman–Crippen MR) is 53.2 cm³/mol. The zero-order chi connectivity index (χ0) is 9.64. The van der Waals surface area contributed by atoms with Crippen LogP contribution in [0.1, 0.15) is 24.6 Å². The van der Waals surface area contributed by atoms with Crippen molar-refractivity contribution in [3.63, 3.8) is 0 Å². The van der Waals surface area contributed by atoms with Crippen molar-refractivity contribution >= 4 is 11.3 Å². The maximum Gasteiger partial charge on any atom is 0.273 e.